The second-order valence-corrected chi connectivity index (χ2v) is 3.88. The molecule has 1 aromatic rings. The molecule has 1 aromatic carbocycles. The zero-order valence-corrected chi connectivity index (χ0v) is 11.2. The summed E-state index contributed by atoms with van der Waals surface area (Å²) < 4.78 is 33.3. The van der Waals surface area contributed by atoms with Gasteiger partial charge < -0.3 is 20.5 Å². The van der Waals surface area contributed by atoms with E-state index in [9.17, 15) is 13.6 Å². The monoisotopic (exact) mass is 288 g/mol. The Morgan fingerprint density at radius 2 is 2.20 bits per heavy atom. The third-order valence-corrected chi connectivity index (χ3v) is 2.41. The number of ether oxygens (including phenoxy) is 2. The summed E-state index contributed by atoms with van der Waals surface area (Å²) in [6.07, 6.45) is -2.48. The standard InChI is InChI=1S/C13H18F2N2O3/c1-2-20-13(18)9-4-3-5-10(12(9)16)17-6-7-19-8-11(14)15/h3-5,11,17H,2,6-8,16H2,1H3. The van der Waals surface area contributed by atoms with Crippen LogP contribution in [0, 0.1) is 0 Å². The summed E-state index contributed by atoms with van der Waals surface area (Å²) in [7, 11) is 0. The average Bonchev–Trinajstić information content (AvgIpc) is 2.40. The lowest BCUT2D eigenvalue weighted by atomic mass is 10.1. The first-order chi connectivity index (χ1) is 9.56. The number of esters is 1. The van der Waals surface area contributed by atoms with Crippen LogP contribution in [-0.2, 0) is 9.47 Å². The number of para-hydroxylation sites is 1. The molecule has 0 unspecified atom stereocenters. The van der Waals surface area contributed by atoms with Crippen LogP contribution in [0.5, 0.6) is 0 Å². The van der Waals surface area contributed by atoms with E-state index in [0.29, 0.717) is 12.2 Å². The van der Waals surface area contributed by atoms with E-state index in [1.807, 2.05) is 0 Å². The highest BCUT2D eigenvalue weighted by Crippen LogP contribution is 2.23. The van der Waals surface area contributed by atoms with Crippen molar-refractivity contribution in [2.24, 2.45) is 0 Å². The van der Waals surface area contributed by atoms with Crippen LogP contribution in [-0.4, -0.2) is 38.8 Å². The molecule has 7 heteroatoms. The number of nitrogen functional groups attached to an aromatic ring is 1. The minimum absolute atomic E-state index is 0.118. The number of halogens is 2. The normalized spacial score (nSPS) is 10.6. The van der Waals surface area contributed by atoms with E-state index in [2.05, 4.69) is 5.32 Å². The number of alkyl halides is 2. The SMILES string of the molecule is CCOC(=O)c1cccc(NCCOCC(F)F)c1N. The number of hydrogen-bond donors (Lipinski definition) is 2. The fraction of sp³-hybridized carbons (Fsp3) is 0.462. The van der Waals surface area contributed by atoms with Gasteiger partial charge in [-0.1, -0.05) is 6.07 Å². The maximum atomic E-state index is 11.8. The van der Waals surface area contributed by atoms with Crippen LogP contribution < -0.4 is 11.1 Å². The van der Waals surface area contributed by atoms with Crippen LogP contribution in [0.4, 0.5) is 20.2 Å². The maximum absolute atomic E-state index is 11.8. The molecule has 0 spiro atoms. The first-order valence-electron chi connectivity index (χ1n) is 6.21. The fourth-order valence-corrected chi connectivity index (χ4v) is 1.54. The molecule has 0 amide bonds. The molecule has 0 saturated carbocycles. The molecule has 5 nitrogen and oxygen atoms in total. The van der Waals surface area contributed by atoms with Crippen molar-refractivity contribution >= 4 is 17.3 Å². The predicted molar refractivity (Wildman–Crippen MR) is 72.1 cm³/mol. The van der Waals surface area contributed by atoms with E-state index < -0.39 is 19.0 Å². The first kappa shape index (κ1) is 16.2. The second-order valence-electron chi connectivity index (χ2n) is 3.88. The Morgan fingerprint density at radius 1 is 1.45 bits per heavy atom. The Balaban J connectivity index is 2.54. The third-order valence-electron chi connectivity index (χ3n) is 2.41. The Kier molecular flexibility index (Phi) is 6.72. The van der Waals surface area contributed by atoms with Gasteiger partial charge in [-0.3, -0.25) is 0 Å². The number of benzene rings is 1. The molecular formula is C13H18F2N2O3. The van der Waals surface area contributed by atoms with Gasteiger partial charge in [0, 0.05) is 6.54 Å². The lowest BCUT2D eigenvalue weighted by Gasteiger charge is -2.12. The van der Waals surface area contributed by atoms with Crippen LogP contribution in [0.2, 0.25) is 0 Å². The molecule has 0 aromatic heterocycles. The van der Waals surface area contributed by atoms with Crippen molar-refractivity contribution in [3.05, 3.63) is 23.8 Å². The molecule has 0 atom stereocenters. The topological polar surface area (TPSA) is 73.6 Å². The quantitative estimate of drug-likeness (QED) is 0.435. The van der Waals surface area contributed by atoms with Crippen molar-refractivity contribution in [3.8, 4) is 0 Å². The Labute approximate surface area is 116 Å². The van der Waals surface area contributed by atoms with E-state index in [-0.39, 0.29) is 24.5 Å². The summed E-state index contributed by atoms with van der Waals surface area (Å²) in [6, 6.07) is 4.90. The lowest BCUT2D eigenvalue weighted by Crippen LogP contribution is -2.15. The molecule has 0 radical (unpaired) electrons. The highest BCUT2D eigenvalue weighted by molar-refractivity contribution is 5.98. The van der Waals surface area contributed by atoms with E-state index in [1.54, 1.807) is 25.1 Å². The minimum atomic E-state index is -2.48. The maximum Gasteiger partial charge on any atom is 0.340 e. The molecule has 0 saturated heterocycles. The van der Waals surface area contributed by atoms with Gasteiger partial charge in [-0.25, -0.2) is 13.6 Å². The number of carbonyl (C=O) groups excluding carboxylic acids is 1. The average molecular weight is 288 g/mol. The third kappa shape index (κ3) is 5.00. The highest BCUT2D eigenvalue weighted by Gasteiger charge is 2.13. The Bertz CT molecular complexity index is 442. The molecular weight excluding hydrogens is 270 g/mol. The van der Waals surface area contributed by atoms with Gasteiger partial charge >= 0.3 is 5.97 Å². The summed E-state index contributed by atoms with van der Waals surface area (Å²) in [5.74, 6) is -0.498. The number of nitrogens with two attached hydrogens (primary N) is 1. The Hall–Kier alpha value is -1.89. The zero-order valence-electron chi connectivity index (χ0n) is 11.2. The van der Waals surface area contributed by atoms with E-state index >= 15 is 0 Å². The van der Waals surface area contributed by atoms with Gasteiger partial charge in [0.1, 0.15) is 6.61 Å². The summed E-state index contributed by atoms with van der Waals surface area (Å²) in [5.41, 5.74) is 6.92. The van der Waals surface area contributed by atoms with Crippen molar-refractivity contribution in [1.29, 1.82) is 0 Å². The van der Waals surface area contributed by atoms with Gasteiger partial charge in [-0.2, -0.15) is 0 Å². The van der Waals surface area contributed by atoms with Crippen molar-refractivity contribution in [2.45, 2.75) is 13.3 Å². The van der Waals surface area contributed by atoms with Gasteiger partial charge in [0.25, 0.3) is 6.43 Å². The van der Waals surface area contributed by atoms with E-state index in [1.165, 1.54) is 0 Å². The lowest BCUT2D eigenvalue weighted by molar-refractivity contribution is 0.0215. The predicted octanol–water partition coefficient (Wildman–Crippen LogP) is 2.14. The van der Waals surface area contributed by atoms with E-state index in [4.69, 9.17) is 15.2 Å². The first-order valence-corrected chi connectivity index (χ1v) is 6.21. The Morgan fingerprint density at radius 3 is 2.85 bits per heavy atom. The smallest absolute Gasteiger partial charge is 0.340 e. The van der Waals surface area contributed by atoms with Crippen molar-refractivity contribution in [3.63, 3.8) is 0 Å². The summed E-state index contributed by atoms with van der Waals surface area (Å²) in [6.45, 7) is 1.80. The van der Waals surface area contributed by atoms with Crippen LogP contribution in [0.1, 0.15) is 17.3 Å². The van der Waals surface area contributed by atoms with Gasteiger partial charge in [0.15, 0.2) is 0 Å². The number of nitrogens with one attached hydrogen (secondary N) is 1. The van der Waals surface area contributed by atoms with Gasteiger partial charge in [-0.05, 0) is 19.1 Å². The van der Waals surface area contributed by atoms with Crippen molar-refractivity contribution in [2.75, 3.05) is 37.4 Å². The minimum Gasteiger partial charge on any atom is -0.462 e. The van der Waals surface area contributed by atoms with Crippen LogP contribution in [0.25, 0.3) is 0 Å². The number of carbonyl (C=O) groups is 1. The summed E-state index contributed by atoms with van der Waals surface area (Å²) in [5, 5.41) is 2.92. The summed E-state index contributed by atoms with van der Waals surface area (Å²) >= 11 is 0. The molecule has 3 N–H and O–H groups in total. The van der Waals surface area contributed by atoms with Gasteiger partial charge in [-0.15, -0.1) is 0 Å². The van der Waals surface area contributed by atoms with Gasteiger partial charge in [0.2, 0.25) is 0 Å². The molecule has 20 heavy (non-hydrogen) atoms. The molecule has 0 heterocycles. The number of anilines is 2. The van der Waals surface area contributed by atoms with Gasteiger partial charge in [0.05, 0.1) is 30.2 Å². The number of hydrogen-bond acceptors (Lipinski definition) is 5. The molecule has 112 valence electrons. The molecule has 0 aliphatic carbocycles. The highest BCUT2D eigenvalue weighted by atomic mass is 19.3. The summed E-state index contributed by atoms with van der Waals surface area (Å²) in [4.78, 5) is 11.6. The number of rotatable bonds is 8. The van der Waals surface area contributed by atoms with Crippen LogP contribution >= 0.6 is 0 Å². The second kappa shape index (κ2) is 8.31. The van der Waals surface area contributed by atoms with Crippen molar-refractivity contribution < 1.29 is 23.0 Å². The molecule has 1 rings (SSSR count). The zero-order chi connectivity index (χ0) is 15.0. The molecule has 0 fully saturated rings. The van der Waals surface area contributed by atoms with Crippen LogP contribution in [0.3, 0.4) is 0 Å². The fourth-order valence-electron chi connectivity index (χ4n) is 1.54. The largest absolute Gasteiger partial charge is 0.462 e. The van der Waals surface area contributed by atoms with Crippen LogP contribution in [0.15, 0.2) is 18.2 Å². The molecule has 0 aliphatic rings. The van der Waals surface area contributed by atoms with E-state index in [0.717, 1.165) is 0 Å². The van der Waals surface area contributed by atoms with Crippen molar-refractivity contribution in [1.82, 2.24) is 0 Å². The molecule has 0 aliphatic heterocycles. The molecule has 0 bridgehead atoms.